The molecule has 0 spiro atoms. The number of rotatable bonds is 0. The summed E-state index contributed by atoms with van der Waals surface area (Å²) in [5, 5.41) is 2.76. The number of aromatic nitrogens is 1. The predicted octanol–water partition coefficient (Wildman–Crippen LogP) is 5.57. The molecule has 0 fully saturated rings. The van der Waals surface area contributed by atoms with E-state index in [1.807, 2.05) is 0 Å². The lowest BCUT2D eigenvalue weighted by Crippen LogP contribution is -2.23. The summed E-state index contributed by atoms with van der Waals surface area (Å²) < 4.78 is 0. The van der Waals surface area contributed by atoms with Crippen molar-refractivity contribution >= 4 is 27.4 Å². The monoisotopic (exact) mass is 285 g/mol. The van der Waals surface area contributed by atoms with Crippen molar-refractivity contribution in [3.05, 3.63) is 65.8 Å². The maximum absolute atomic E-state index is 3.59. The van der Waals surface area contributed by atoms with Crippen LogP contribution < -0.4 is 0 Å². The van der Waals surface area contributed by atoms with Crippen molar-refractivity contribution in [3.63, 3.8) is 0 Å². The highest BCUT2D eigenvalue weighted by Crippen LogP contribution is 2.55. The van der Waals surface area contributed by atoms with Crippen LogP contribution in [0.2, 0.25) is 0 Å². The van der Waals surface area contributed by atoms with Gasteiger partial charge in [-0.15, -0.1) is 0 Å². The SMILES string of the molecule is CC1(C)c2ccc3[nH]c4ccccc4c3c2C2=CC=CCC21. The first-order valence-corrected chi connectivity index (χ1v) is 8.09. The van der Waals surface area contributed by atoms with E-state index in [1.54, 1.807) is 0 Å². The second-order valence-electron chi connectivity index (χ2n) is 7.14. The van der Waals surface area contributed by atoms with Crippen LogP contribution in [0.4, 0.5) is 0 Å². The van der Waals surface area contributed by atoms with Crippen LogP contribution in [-0.4, -0.2) is 4.98 Å². The minimum absolute atomic E-state index is 0.207. The van der Waals surface area contributed by atoms with Crippen LogP contribution in [0.25, 0.3) is 27.4 Å². The standard InChI is InChI=1S/C21H19N/c1-21(2)15-9-5-3-7-13(15)19-16(21)11-12-18-20(19)14-8-4-6-10-17(14)22-18/h3-8,10-12,15,22H,9H2,1-2H3. The molecule has 1 heterocycles. The Bertz CT molecular complexity index is 982. The highest BCUT2D eigenvalue weighted by molar-refractivity contribution is 6.14. The van der Waals surface area contributed by atoms with Crippen molar-refractivity contribution in [2.75, 3.05) is 0 Å². The molecule has 1 unspecified atom stereocenters. The van der Waals surface area contributed by atoms with Crippen LogP contribution in [0.1, 0.15) is 31.4 Å². The molecule has 0 saturated heterocycles. The predicted molar refractivity (Wildman–Crippen MR) is 94.1 cm³/mol. The maximum Gasteiger partial charge on any atom is 0.0471 e. The average molecular weight is 285 g/mol. The van der Waals surface area contributed by atoms with Gasteiger partial charge in [-0.25, -0.2) is 0 Å². The second-order valence-corrected chi connectivity index (χ2v) is 7.14. The molecular formula is C21H19N. The van der Waals surface area contributed by atoms with Gasteiger partial charge in [0, 0.05) is 21.8 Å². The Labute approximate surface area is 130 Å². The molecule has 1 heteroatoms. The molecule has 1 nitrogen and oxygen atoms in total. The minimum atomic E-state index is 0.207. The Kier molecular flexibility index (Phi) is 2.19. The molecule has 5 rings (SSSR count). The molecule has 0 saturated carbocycles. The topological polar surface area (TPSA) is 15.8 Å². The Morgan fingerprint density at radius 3 is 2.82 bits per heavy atom. The quantitative estimate of drug-likeness (QED) is 0.555. The number of hydrogen-bond acceptors (Lipinski definition) is 0. The smallest absolute Gasteiger partial charge is 0.0471 e. The van der Waals surface area contributed by atoms with E-state index in [9.17, 15) is 0 Å². The minimum Gasteiger partial charge on any atom is -0.354 e. The third-order valence-electron chi connectivity index (χ3n) is 5.68. The van der Waals surface area contributed by atoms with Crippen molar-refractivity contribution in [3.8, 4) is 0 Å². The van der Waals surface area contributed by atoms with Crippen molar-refractivity contribution in [1.29, 1.82) is 0 Å². The van der Waals surface area contributed by atoms with Gasteiger partial charge >= 0.3 is 0 Å². The van der Waals surface area contributed by atoms with Gasteiger partial charge in [-0.1, -0.05) is 56.3 Å². The van der Waals surface area contributed by atoms with Gasteiger partial charge in [-0.05, 0) is 46.6 Å². The molecule has 0 aliphatic heterocycles. The zero-order chi connectivity index (χ0) is 14.9. The van der Waals surface area contributed by atoms with Crippen molar-refractivity contribution in [1.82, 2.24) is 4.98 Å². The fraction of sp³-hybridized carbons (Fsp3) is 0.238. The zero-order valence-electron chi connectivity index (χ0n) is 13.0. The number of nitrogens with one attached hydrogen (secondary N) is 1. The van der Waals surface area contributed by atoms with Gasteiger partial charge in [0.2, 0.25) is 0 Å². The fourth-order valence-electron chi connectivity index (χ4n) is 4.54. The number of allylic oxidation sites excluding steroid dienone is 4. The van der Waals surface area contributed by atoms with Crippen LogP contribution >= 0.6 is 0 Å². The van der Waals surface area contributed by atoms with E-state index in [0.29, 0.717) is 5.92 Å². The normalized spacial score (nSPS) is 21.9. The summed E-state index contributed by atoms with van der Waals surface area (Å²) in [6.07, 6.45) is 8.03. The summed E-state index contributed by atoms with van der Waals surface area (Å²) >= 11 is 0. The van der Waals surface area contributed by atoms with Gasteiger partial charge in [-0.2, -0.15) is 0 Å². The first kappa shape index (κ1) is 12.3. The fourth-order valence-corrected chi connectivity index (χ4v) is 4.54. The van der Waals surface area contributed by atoms with E-state index in [0.717, 1.165) is 6.42 Å². The number of benzene rings is 2. The number of para-hydroxylation sites is 1. The van der Waals surface area contributed by atoms with E-state index >= 15 is 0 Å². The summed E-state index contributed by atoms with van der Waals surface area (Å²) in [6.45, 7) is 4.80. The van der Waals surface area contributed by atoms with Crippen LogP contribution in [-0.2, 0) is 5.41 Å². The van der Waals surface area contributed by atoms with Gasteiger partial charge in [0.25, 0.3) is 0 Å². The number of aromatic amines is 1. The largest absolute Gasteiger partial charge is 0.354 e. The Balaban J connectivity index is 1.99. The summed E-state index contributed by atoms with van der Waals surface area (Å²) in [4.78, 5) is 3.59. The molecule has 3 aromatic rings. The first-order valence-electron chi connectivity index (χ1n) is 8.09. The van der Waals surface area contributed by atoms with Gasteiger partial charge in [0.05, 0.1) is 0 Å². The molecule has 2 aliphatic rings. The van der Waals surface area contributed by atoms with E-state index in [-0.39, 0.29) is 5.41 Å². The molecular weight excluding hydrogens is 266 g/mol. The van der Waals surface area contributed by atoms with Crippen molar-refractivity contribution in [2.24, 2.45) is 5.92 Å². The lowest BCUT2D eigenvalue weighted by Gasteiger charge is -2.29. The average Bonchev–Trinajstić information content (AvgIpc) is 3.02. The number of hydrogen-bond donors (Lipinski definition) is 1. The van der Waals surface area contributed by atoms with Gasteiger partial charge in [0.15, 0.2) is 0 Å². The second kappa shape index (κ2) is 3.92. The van der Waals surface area contributed by atoms with Gasteiger partial charge in [-0.3, -0.25) is 0 Å². The van der Waals surface area contributed by atoms with Gasteiger partial charge in [0.1, 0.15) is 0 Å². The molecule has 22 heavy (non-hydrogen) atoms. The van der Waals surface area contributed by atoms with Crippen LogP contribution in [0.15, 0.2) is 54.6 Å². The van der Waals surface area contributed by atoms with Crippen LogP contribution in [0.5, 0.6) is 0 Å². The Hall–Kier alpha value is -2.28. The zero-order valence-corrected chi connectivity index (χ0v) is 13.0. The maximum atomic E-state index is 3.59. The molecule has 0 bridgehead atoms. The molecule has 2 aromatic carbocycles. The number of H-pyrrole nitrogens is 1. The van der Waals surface area contributed by atoms with Crippen molar-refractivity contribution in [2.45, 2.75) is 25.7 Å². The third-order valence-corrected chi connectivity index (χ3v) is 5.68. The molecule has 2 aliphatic carbocycles. The molecule has 108 valence electrons. The van der Waals surface area contributed by atoms with E-state index in [1.165, 1.54) is 38.5 Å². The summed E-state index contributed by atoms with van der Waals surface area (Å²) in [7, 11) is 0. The Morgan fingerprint density at radius 1 is 1.05 bits per heavy atom. The highest BCUT2D eigenvalue weighted by Gasteiger charge is 2.43. The molecule has 0 amide bonds. The van der Waals surface area contributed by atoms with Crippen molar-refractivity contribution < 1.29 is 0 Å². The lowest BCUT2D eigenvalue weighted by atomic mass is 9.75. The summed E-state index contributed by atoms with van der Waals surface area (Å²) in [5.41, 5.74) is 7.21. The van der Waals surface area contributed by atoms with Crippen LogP contribution in [0.3, 0.4) is 0 Å². The lowest BCUT2D eigenvalue weighted by molar-refractivity contribution is 0.415. The Morgan fingerprint density at radius 2 is 1.91 bits per heavy atom. The molecule has 1 atom stereocenters. The van der Waals surface area contributed by atoms with Crippen LogP contribution in [0, 0.1) is 5.92 Å². The third kappa shape index (κ3) is 1.34. The number of fused-ring (bicyclic) bond motifs is 7. The molecule has 1 aromatic heterocycles. The first-order chi connectivity index (χ1) is 10.7. The van der Waals surface area contributed by atoms with E-state index < -0.39 is 0 Å². The van der Waals surface area contributed by atoms with E-state index in [4.69, 9.17) is 0 Å². The summed E-state index contributed by atoms with van der Waals surface area (Å²) in [5.74, 6) is 0.603. The van der Waals surface area contributed by atoms with E-state index in [2.05, 4.69) is 73.5 Å². The highest BCUT2D eigenvalue weighted by atomic mass is 14.7. The molecule has 1 N–H and O–H groups in total. The molecule has 0 radical (unpaired) electrons. The summed E-state index contributed by atoms with van der Waals surface area (Å²) in [6, 6.07) is 13.3. The van der Waals surface area contributed by atoms with Gasteiger partial charge < -0.3 is 4.98 Å².